The summed E-state index contributed by atoms with van der Waals surface area (Å²) < 4.78 is 0. The van der Waals surface area contributed by atoms with E-state index >= 15 is 0 Å². The quantitative estimate of drug-likeness (QED) is 0.760. The van der Waals surface area contributed by atoms with Crippen molar-refractivity contribution in [2.24, 2.45) is 11.7 Å². The van der Waals surface area contributed by atoms with E-state index in [9.17, 15) is 4.79 Å². The fourth-order valence-electron chi connectivity index (χ4n) is 1.80. The largest absolute Gasteiger partial charge is 0.365 e. The number of amides is 1. The van der Waals surface area contributed by atoms with Gasteiger partial charge in [-0.25, -0.2) is 0 Å². The van der Waals surface area contributed by atoms with Gasteiger partial charge in [-0.1, -0.05) is 44.2 Å². The Bertz CT molecular complexity index is 335. The molecule has 0 unspecified atom stereocenters. The lowest BCUT2D eigenvalue weighted by atomic mass is 9.95. The van der Waals surface area contributed by atoms with Crippen molar-refractivity contribution in [3.63, 3.8) is 0 Å². The molecule has 3 heteroatoms. The molecule has 0 heterocycles. The number of carbonyl (C=O) groups is 1. The Kier molecular flexibility index (Phi) is 4.50. The summed E-state index contributed by atoms with van der Waals surface area (Å²) in [5, 5.41) is 2.04. The van der Waals surface area contributed by atoms with Crippen molar-refractivity contribution in [1.82, 2.24) is 0 Å². The molecule has 1 aromatic rings. The maximum Gasteiger partial charge on any atom is 0.275 e. The average molecular weight is 221 g/mol. The zero-order valence-corrected chi connectivity index (χ0v) is 10.2. The van der Waals surface area contributed by atoms with Crippen molar-refractivity contribution < 1.29 is 10.1 Å². The van der Waals surface area contributed by atoms with Crippen LogP contribution < -0.4 is 11.1 Å². The average Bonchev–Trinajstić information content (AvgIpc) is 2.26. The molecule has 2 atom stereocenters. The van der Waals surface area contributed by atoms with Gasteiger partial charge in [0.1, 0.15) is 6.04 Å². The Morgan fingerprint density at radius 3 is 2.19 bits per heavy atom. The Labute approximate surface area is 97.0 Å². The molecule has 0 fully saturated rings. The maximum atomic E-state index is 11.1. The molecule has 1 aromatic carbocycles. The molecule has 1 amide bonds. The molecule has 0 spiro atoms. The number of primary amides is 1. The third kappa shape index (κ3) is 3.35. The first-order valence-corrected chi connectivity index (χ1v) is 5.71. The predicted molar refractivity (Wildman–Crippen MR) is 64.6 cm³/mol. The summed E-state index contributed by atoms with van der Waals surface area (Å²) >= 11 is 0. The maximum absolute atomic E-state index is 11.1. The van der Waals surface area contributed by atoms with Crippen molar-refractivity contribution in [1.29, 1.82) is 0 Å². The molecule has 16 heavy (non-hydrogen) atoms. The van der Waals surface area contributed by atoms with Crippen molar-refractivity contribution in [2.45, 2.75) is 32.9 Å². The van der Waals surface area contributed by atoms with Gasteiger partial charge in [-0.3, -0.25) is 4.79 Å². The van der Waals surface area contributed by atoms with Crippen molar-refractivity contribution in [2.75, 3.05) is 0 Å². The first kappa shape index (κ1) is 12.7. The van der Waals surface area contributed by atoms with Crippen LogP contribution in [0.3, 0.4) is 0 Å². The Hall–Kier alpha value is -1.35. The number of hydrogen-bond acceptors (Lipinski definition) is 1. The summed E-state index contributed by atoms with van der Waals surface area (Å²) in [4.78, 5) is 11.1. The van der Waals surface area contributed by atoms with Crippen LogP contribution in [-0.2, 0) is 4.79 Å². The zero-order valence-electron chi connectivity index (χ0n) is 10.2. The van der Waals surface area contributed by atoms with Gasteiger partial charge in [-0.2, -0.15) is 0 Å². The van der Waals surface area contributed by atoms with Crippen LogP contribution in [-0.4, -0.2) is 11.9 Å². The lowest BCUT2D eigenvalue weighted by molar-refractivity contribution is -0.719. The molecular formula is C13H21N2O+. The van der Waals surface area contributed by atoms with E-state index in [-0.39, 0.29) is 18.0 Å². The molecular weight excluding hydrogens is 200 g/mol. The van der Waals surface area contributed by atoms with Gasteiger partial charge >= 0.3 is 0 Å². The highest BCUT2D eigenvalue weighted by Crippen LogP contribution is 2.17. The minimum Gasteiger partial charge on any atom is -0.365 e. The van der Waals surface area contributed by atoms with Crippen molar-refractivity contribution in [3.05, 3.63) is 35.9 Å². The molecule has 1 rings (SSSR count). The summed E-state index contributed by atoms with van der Waals surface area (Å²) in [6.07, 6.45) is 0. The predicted octanol–water partition coefficient (Wildman–Crippen LogP) is 0.821. The summed E-state index contributed by atoms with van der Waals surface area (Å²) in [6, 6.07) is 10.3. The third-order valence-corrected chi connectivity index (χ3v) is 2.85. The molecule has 0 saturated carbocycles. The molecule has 3 nitrogen and oxygen atoms in total. The van der Waals surface area contributed by atoms with E-state index in [1.807, 2.05) is 30.4 Å². The van der Waals surface area contributed by atoms with Crippen LogP contribution in [0.4, 0.5) is 0 Å². The van der Waals surface area contributed by atoms with E-state index in [1.54, 1.807) is 0 Å². The monoisotopic (exact) mass is 221 g/mol. The second-order valence-corrected chi connectivity index (χ2v) is 4.56. The van der Waals surface area contributed by atoms with Gasteiger partial charge < -0.3 is 11.1 Å². The third-order valence-electron chi connectivity index (χ3n) is 2.85. The molecule has 88 valence electrons. The number of rotatable bonds is 5. The lowest BCUT2D eigenvalue weighted by Gasteiger charge is -2.22. The summed E-state index contributed by atoms with van der Waals surface area (Å²) in [6.45, 7) is 6.16. The molecule has 0 radical (unpaired) electrons. The molecule has 0 aromatic heterocycles. The van der Waals surface area contributed by atoms with E-state index in [1.165, 1.54) is 5.56 Å². The van der Waals surface area contributed by atoms with E-state index in [4.69, 9.17) is 5.73 Å². The summed E-state index contributed by atoms with van der Waals surface area (Å²) in [5.74, 6) is 0.200. The topological polar surface area (TPSA) is 59.7 Å². The van der Waals surface area contributed by atoms with Crippen molar-refractivity contribution in [3.8, 4) is 0 Å². The number of nitrogens with two attached hydrogens (primary N) is 2. The number of carbonyl (C=O) groups excluding carboxylic acids is 1. The number of benzene rings is 1. The minimum absolute atomic E-state index is 0.187. The van der Waals surface area contributed by atoms with Gasteiger partial charge in [0, 0.05) is 11.5 Å². The first-order chi connectivity index (χ1) is 7.52. The molecule has 0 aliphatic carbocycles. The Balaban J connectivity index is 2.81. The summed E-state index contributed by atoms with van der Waals surface area (Å²) in [5.41, 5.74) is 6.53. The van der Waals surface area contributed by atoms with Gasteiger partial charge in [-0.15, -0.1) is 0 Å². The zero-order chi connectivity index (χ0) is 12.1. The van der Waals surface area contributed by atoms with Crippen LogP contribution in [0.15, 0.2) is 30.3 Å². The highest BCUT2D eigenvalue weighted by atomic mass is 16.1. The smallest absolute Gasteiger partial charge is 0.275 e. The normalized spacial score (nSPS) is 14.8. The lowest BCUT2D eigenvalue weighted by Crippen LogP contribution is -2.93. The van der Waals surface area contributed by atoms with Gasteiger partial charge in [-0.05, 0) is 6.92 Å². The standard InChI is InChI=1S/C13H20N2O/c1-9(2)12(15-10(3)13(14)16)11-7-5-4-6-8-11/h4-10,12,15H,1-3H3,(H2,14,16)/p+1/t10-,12-/m0/s1. The second kappa shape index (κ2) is 5.66. The van der Waals surface area contributed by atoms with E-state index in [0.29, 0.717) is 5.92 Å². The van der Waals surface area contributed by atoms with Gasteiger partial charge in [0.05, 0.1) is 0 Å². The second-order valence-electron chi connectivity index (χ2n) is 4.56. The van der Waals surface area contributed by atoms with E-state index < -0.39 is 0 Å². The minimum atomic E-state index is -0.262. The highest BCUT2D eigenvalue weighted by molar-refractivity contribution is 5.77. The van der Waals surface area contributed by atoms with Crippen LogP contribution in [0.2, 0.25) is 0 Å². The Morgan fingerprint density at radius 1 is 1.19 bits per heavy atom. The van der Waals surface area contributed by atoms with Crippen molar-refractivity contribution >= 4 is 5.91 Å². The van der Waals surface area contributed by atoms with Gasteiger partial charge in [0.15, 0.2) is 6.04 Å². The summed E-state index contributed by atoms with van der Waals surface area (Å²) in [7, 11) is 0. The molecule has 0 aliphatic rings. The first-order valence-electron chi connectivity index (χ1n) is 5.71. The fourth-order valence-corrected chi connectivity index (χ4v) is 1.80. The van der Waals surface area contributed by atoms with Crippen LogP contribution in [0.1, 0.15) is 32.4 Å². The van der Waals surface area contributed by atoms with Gasteiger partial charge in [0.2, 0.25) is 0 Å². The molecule has 0 saturated heterocycles. The van der Waals surface area contributed by atoms with Crippen LogP contribution in [0.25, 0.3) is 0 Å². The Morgan fingerprint density at radius 2 is 1.75 bits per heavy atom. The van der Waals surface area contributed by atoms with Crippen LogP contribution >= 0.6 is 0 Å². The number of quaternary nitrogens is 1. The van der Waals surface area contributed by atoms with Crippen LogP contribution in [0.5, 0.6) is 0 Å². The molecule has 0 bridgehead atoms. The fraction of sp³-hybridized carbons (Fsp3) is 0.462. The SMILES string of the molecule is CC(C)[C@H]([NH2+][C@@H](C)C(N)=O)c1ccccc1. The van der Waals surface area contributed by atoms with E-state index in [2.05, 4.69) is 26.0 Å². The molecule has 0 aliphatic heterocycles. The number of hydrogen-bond donors (Lipinski definition) is 2. The molecule has 4 N–H and O–H groups in total. The highest BCUT2D eigenvalue weighted by Gasteiger charge is 2.23. The van der Waals surface area contributed by atoms with Gasteiger partial charge in [0.25, 0.3) is 5.91 Å². The van der Waals surface area contributed by atoms with Crippen LogP contribution in [0, 0.1) is 5.92 Å². The van der Waals surface area contributed by atoms with E-state index in [0.717, 1.165) is 0 Å².